The van der Waals surface area contributed by atoms with Crippen molar-refractivity contribution in [3.05, 3.63) is 59.4 Å². The zero-order valence-electron chi connectivity index (χ0n) is 9.81. The van der Waals surface area contributed by atoms with Crippen molar-refractivity contribution >= 4 is 0 Å². The molecule has 0 saturated heterocycles. The first kappa shape index (κ1) is 12.6. The molecule has 2 rings (SSSR count). The highest BCUT2D eigenvalue weighted by Gasteiger charge is 2.09. The Morgan fingerprint density at radius 3 is 2.28 bits per heavy atom. The van der Waals surface area contributed by atoms with E-state index in [-0.39, 0.29) is 5.56 Å². The first-order valence-corrected chi connectivity index (χ1v) is 5.50. The highest BCUT2D eigenvalue weighted by Crippen LogP contribution is 2.25. The predicted octanol–water partition coefficient (Wildman–Crippen LogP) is 3.49. The molecule has 4 heteroatoms. The van der Waals surface area contributed by atoms with Crippen LogP contribution in [0.15, 0.2) is 36.4 Å². The second kappa shape index (κ2) is 5.23. The van der Waals surface area contributed by atoms with Crippen LogP contribution in [0.2, 0.25) is 0 Å². The van der Waals surface area contributed by atoms with Gasteiger partial charge in [-0.1, -0.05) is 18.2 Å². The van der Waals surface area contributed by atoms with Crippen molar-refractivity contribution in [3.63, 3.8) is 0 Å². The normalized spacial score (nSPS) is 10.7. The van der Waals surface area contributed by atoms with Crippen molar-refractivity contribution in [2.24, 2.45) is 0 Å². The Kier molecular flexibility index (Phi) is 3.67. The van der Waals surface area contributed by atoms with Crippen LogP contribution in [-0.4, -0.2) is 7.05 Å². The van der Waals surface area contributed by atoms with Gasteiger partial charge in [-0.2, -0.15) is 0 Å². The van der Waals surface area contributed by atoms with Crippen LogP contribution >= 0.6 is 0 Å². The van der Waals surface area contributed by atoms with E-state index in [1.807, 2.05) is 0 Å². The molecule has 0 saturated carbocycles. The number of halogens is 3. The summed E-state index contributed by atoms with van der Waals surface area (Å²) in [4.78, 5) is 0. The molecule has 0 aromatic heterocycles. The second-order valence-electron chi connectivity index (χ2n) is 3.97. The van der Waals surface area contributed by atoms with E-state index in [2.05, 4.69) is 5.32 Å². The van der Waals surface area contributed by atoms with Gasteiger partial charge in [-0.25, -0.2) is 13.2 Å². The predicted molar refractivity (Wildman–Crippen MR) is 64.5 cm³/mol. The molecule has 0 aliphatic rings. The van der Waals surface area contributed by atoms with Gasteiger partial charge in [0.25, 0.3) is 0 Å². The van der Waals surface area contributed by atoms with Crippen LogP contribution in [0.3, 0.4) is 0 Å². The van der Waals surface area contributed by atoms with Gasteiger partial charge in [-0.3, -0.25) is 0 Å². The number of rotatable bonds is 3. The van der Waals surface area contributed by atoms with Gasteiger partial charge in [0.2, 0.25) is 0 Å². The van der Waals surface area contributed by atoms with Crippen LogP contribution in [-0.2, 0) is 6.54 Å². The molecule has 0 radical (unpaired) electrons. The Hall–Kier alpha value is -1.81. The maximum Gasteiger partial charge on any atom is 0.159 e. The van der Waals surface area contributed by atoms with Crippen molar-refractivity contribution in [2.75, 3.05) is 7.05 Å². The SMILES string of the molecule is CNCc1ccc(-c2ccc(F)c(F)c2)c(F)c1. The van der Waals surface area contributed by atoms with E-state index < -0.39 is 17.5 Å². The Morgan fingerprint density at radius 1 is 0.889 bits per heavy atom. The van der Waals surface area contributed by atoms with E-state index in [1.54, 1.807) is 19.2 Å². The zero-order chi connectivity index (χ0) is 13.1. The molecule has 0 spiro atoms. The molecule has 1 nitrogen and oxygen atoms in total. The molecule has 0 heterocycles. The molecule has 0 fully saturated rings. The van der Waals surface area contributed by atoms with Gasteiger partial charge in [-0.05, 0) is 36.4 Å². The lowest BCUT2D eigenvalue weighted by atomic mass is 10.0. The molecule has 18 heavy (non-hydrogen) atoms. The Morgan fingerprint density at radius 2 is 1.67 bits per heavy atom. The van der Waals surface area contributed by atoms with Gasteiger partial charge >= 0.3 is 0 Å². The van der Waals surface area contributed by atoms with Gasteiger partial charge in [0.05, 0.1) is 0 Å². The number of hydrogen-bond acceptors (Lipinski definition) is 1. The standard InChI is InChI=1S/C14H12F3N/c1-18-8-9-2-4-11(13(16)6-9)10-3-5-12(15)14(17)7-10/h2-7,18H,8H2,1H3. The minimum absolute atomic E-state index is 0.258. The fourth-order valence-corrected chi connectivity index (χ4v) is 1.77. The van der Waals surface area contributed by atoms with Gasteiger partial charge in [0, 0.05) is 12.1 Å². The molecule has 0 aliphatic heterocycles. The van der Waals surface area contributed by atoms with Crippen molar-refractivity contribution < 1.29 is 13.2 Å². The van der Waals surface area contributed by atoms with Gasteiger partial charge in [0.1, 0.15) is 5.82 Å². The molecule has 94 valence electrons. The second-order valence-corrected chi connectivity index (χ2v) is 3.97. The summed E-state index contributed by atoms with van der Waals surface area (Å²) in [5, 5.41) is 2.91. The Bertz CT molecular complexity index is 567. The van der Waals surface area contributed by atoms with E-state index in [9.17, 15) is 13.2 Å². The average molecular weight is 251 g/mol. The summed E-state index contributed by atoms with van der Waals surface area (Å²) in [5.74, 6) is -2.37. The van der Waals surface area contributed by atoms with E-state index in [0.29, 0.717) is 12.1 Å². The van der Waals surface area contributed by atoms with Gasteiger partial charge in [-0.15, -0.1) is 0 Å². The van der Waals surface area contributed by atoms with Crippen LogP contribution in [0, 0.1) is 17.5 Å². The van der Waals surface area contributed by atoms with Crippen LogP contribution < -0.4 is 5.32 Å². The lowest BCUT2D eigenvalue weighted by molar-refractivity contribution is 0.509. The third-order valence-electron chi connectivity index (χ3n) is 2.65. The fraction of sp³-hybridized carbons (Fsp3) is 0.143. The molecule has 2 aromatic carbocycles. The average Bonchev–Trinajstić information content (AvgIpc) is 2.34. The summed E-state index contributed by atoms with van der Waals surface area (Å²) < 4.78 is 39.7. The topological polar surface area (TPSA) is 12.0 Å². The first-order valence-electron chi connectivity index (χ1n) is 5.50. The Balaban J connectivity index is 2.41. The molecule has 0 unspecified atom stereocenters. The Labute approximate surface area is 103 Å². The lowest BCUT2D eigenvalue weighted by Crippen LogP contribution is -2.05. The molecule has 0 bridgehead atoms. The molecular formula is C14H12F3N. The van der Waals surface area contributed by atoms with E-state index in [0.717, 1.165) is 17.7 Å². The third-order valence-corrected chi connectivity index (χ3v) is 2.65. The van der Waals surface area contributed by atoms with E-state index in [4.69, 9.17) is 0 Å². The molecule has 0 aliphatic carbocycles. The van der Waals surface area contributed by atoms with Crippen LogP contribution in [0.1, 0.15) is 5.56 Å². The van der Waals surface area contributed by atoms with Crippen molar-refractivity contribution in [2.45, 2.75) is 6.54 Å². The summed E-state index contributed by atoms with van der Waals surface area (Å²) in [6.45, 7) is 0.551. The highest BCUT2D eigenvalue weighted by molar-refractivity contribution is 5.64. The number of benzene rings is 2. The summed E-state index contributed by atoms with van der Waals surface area (Å²) in [6, 6.07) is 8.03. The maximum absolute atomic E-state index is 13.8. The van der Waals surface area contributed by atoms with Crippen LogP contribution in [0.4, 0.5) is 13.2 Å². The monoisotopic (exact) mass is 251 g/mol. The quantitative estimate of drug-likeness (QED) is 0.880. The van der Waals surface area contributed by atoms with E-state index in [1.165, 1.54) is 12.1 Å². The summed E-state index contributed by atoms with van der Waals surface area (Å²) in [7, 11) is 1.77. The highest BCUT2D eigenvalue weighted by atomic mass is 19.2. The smallest absolute Gasteiger partial charge is 0.159 e. The van der Waals surface area contributed by atoms with Crippen molar-refractivity contribution in [1.29, 1.82) is 0 Å². The van der Waals surface area contributed by atoms with Gasteiger partial charge < -0.3 is 5.32 Å². The molecule has 2 aromatic rings. The lowest BCUT2D eigenvalue weighted by Gasteiger charge is -2.07. The largest absolute Gasteiger partial charge is 0.316 e. The maximum atomic E-state index is 13.8. The van der Waals surface area contributed by atoms with Crippen molar-refractivity contribution in [3.8, 4) is 11.1 Å². The molecule has 1 N–H and O–H groups in total. The minimum atomic E-state index is -0.980. The van der Waals surface area contributed by atoms with Crippen LogP contribution in [0.5, 0.6) is 0 Å². The number of hydrogen-bond donors (Lipinski definition) is 1. The van der Waals surface area contributed by atoms with Crippen LogP contribution in [0.25, 0.3) is 11.1 Å². The summed E-state index contributed by atoms with van der Waals surface area (Å²) >= 11 is 0. The number of nitrogens with one attached hydrogen (secondary N) is 1. The van der Waals surface area contributed by atoms with Gasteiger partial charge in [0.15, 0.2) is 11.6 Å². The molecule has 0 atom stereocenters. The molecular weight excluding hydrogens is 239 g/mol. The summed E-state index contributed by atoms with van der Waals surface area (Å²) in [6.07, 6.45) is 0. The molecule has 0 amide bonds. The first-order chi connectivity index (χ1) is 8.61. The fourth-order valence-electron chi connectivity index (χ4n) is 1.77. The zero-order valence-corrected chi connectivity index (χ0v) is 9.81. The minimum Gasteiger partial charge on any atom is -0.316 e. The summed E-state index contributed by atoms with van der Waals surface area (Å²) in [5.41, 5.74) is 1.37. The van der Waals surface area contributed by atoms with E-state index >= 15 is 0 Å². The third kappa shape index (κ3) is 2.54. The van der Waals surface area contributed by atoms with Crippen molar-refractivity contribution in [1.82, 2.24) is 5.32 Å².